The summed E-state index contributed by atoms with van der Waals surface area (Å²) >= 11 is 0. The quantitative estimate of drug-likeness (QED) is 0.571. The van der Waals surface area contributed by atoms with Crippen molar-refractivity contribution in [3.05, 3.63) is 18.0 Å². The summed E-state index contributed by atoms with van der Waals surface area (Å²) in [6.07, 6.45) is 8.23. The van der Waals surface area contributed by atoms with Crippen molar-refractivity contribution in [1.82, 2.24) is 15.2 Å². The van der Waals surface area contributed by atoms with Gasteiger partial charge in [-0.25, -0.2) is 0 Å². The second kappa shape index (κ2) is 5.46. The molecule has 16 heavy (non-hydrogen) atoms. The Balaban J connectivity index is 2.02. The number of hydrazine groups is 1. The van der Waals surface area contributed by atoms with E-state index in [4.69, 9.17) is 5.84 Å². The third-order valence-electron chi connectivity index (χ3n) is 3.54. The number of nitrogens with zero attached hydrogens (tertiary/aromatic N) is 2. The summed E-state index contributed by atoms with van der Waals surface area (Å²) in [5.74, 6) is 6.52. The Bertz CT molecular complexity index is 317. The third-order valence-corrected chi connectivity index (χ3v) is 3.54. The molecule has 90 valence electrons. The fourth-order valence-corrected chi connectivity index (χ4v) is 2.37. The second-order valence-electron chi connectivity index (χ2n) is 4.73. The highest BCUT2D eigenvalue weighted by molar-refractivity contribution is 5.07. The van der Waals surface area contributed by atoms with E-state index in [0.29, 0.717) is 0 Å². The Morgan fingerprint density at radius 1 is 1.62 bits per heavy atom. The van der Waals surface area contributed by atoms with E-state index in [1.165, 1.54) is 25.0 Å². The van der Waals surface area contributed by atoms with Gasteiger partial charge in [0.15, 0.2) is 0 Å². The van der Waals surface area contributed by atoms with Gasteiger partial charge in [-0.2, -0.15) is 5.10 Å². The molecule has 1 aliphatic carbocycles. The lowest BCUT2D eigenvalue weighted by atomic mass is 9.80. The monoisotopic (exact) mass is 222 g/mol. The van der Waals surface area contributed by atoms with Crippen LogP contribution in [-0.2, 0) is 6.54 Å². The summed E-state index contributed by atoms with van der Waals surface area (Å²) in [5, 5.41) is 4.35. The summed E-state index contributed by atoms with van der Waals surface area (Å²) in [6, 6.07) is 2.35. The minimum absolute atomic E-state index is 0.263. The van der Waals surface area contributed by atoms with Gasteiger partial charge >= 0.3 is 0 Å². The molecule has 4 nitrogen and oxygen atoms in total. The van der Waals surface area contributed by atoms with Gasteiger partial charge in [0.05, 0.1) is 11.7 Å². The molecule has 0 spiro atoms. The van der Waals surface area contributed by atoms with Gasteiger partial charge in [-0.05, 0) is 24.8 Å². The van der Waals surface area contributed by atoms with Crippen molar-refractivity contribution >= 4 is 0 Å². The smallest absolute Gasteiger partial charge is 0.0631 e. The van der Waals surface area contributed by atoms with Gasteiger partial charge in [0.25, 0.3) is 0 Å². The Labute approximate surface area is 97.2 Å². The largest absolute Gasteiger partial charge is 0.271 e. The molecular weight excluding hydrogens is 200 g/mol. The molecule has 0 bridgehead atoms. The molecule has 1 aromatic heterocycles. The predicted octanol–water partition coefficient (Wildman–Crippen LogP) is 1.99. The Kier molecular flexibility index (Phi) is 3.96. The molecule has 1 unspecified atom stereocenters. The van der Waals surface area contributed by atoms with Crippen LogP contribution in [-0.4, -0.2) is 9.78 Å². The lowest BCUT2D eigenvalue weighted by molar-refractivity contribution is 0.256. The Morgan fingerprint density at radius 3 is 3.00 bits per heavy atom. The van der Waals surface area contributed by atoms with E-state index >= 15 is 0 Å². The van der Waals surface area contributed by atoms with Crippen LogP contribution in [0.3, 0.4) is 0 Å². The summed E-state index contributed by atoms with van der Waals surface area (Å²) in [6.45, 7) is 3.15. The van der Waals surface area contributed by atoms with Gasteiger partial charge < -0.3 is 0 Å². The zero-order chi connectivity index (χ0) is 11.4. The molecule has 0 radical (unpaired) electrons. The molecule has 1 aromatic rings. The van der Waals surface area contributed by atoms with Crippen LogP contribution in [0.2, 0.25) is 0 Å². The first-order chi connectivity index (χ1) is 7.85. The molecule has 3 N–H and O–H groups in total. The van der Waals surface area contributed by atoms with E-state index in [-0.39, 0.29) is 6.04 Å². The molecule has 1 aliphatic rings. The number of aryl methyl sites for hydroxylation is 1. The SMILES string of the molecule is CCCn1nccc1C(CC1CCC1)NN. The van der Waals surface area contributed by atoms with Crippen LogP contribution in [0.5, 0.6) is 0 Å². The Morgan fingerprint density at radius 2 is 2.44 bits per heavy atom. The Hall–Kier alpha value is -0.870. The maximum atomic E-state index is 5.67. The van der Waals surface area contributed by atoms with Crippen molar-refractivity contribution in [1.29, 1.82) is 0 Å². The van der Waals surface area contributed by atoms with E-state index in [9.17, 15) is 0 Å². The molecule has 0 saturated heterocycles. The first kappa shape index (κ1) is 11.6. The van der Waals surface area contributed by atoms with Gasteiger partial charge in [-0.3, -0.25) is 16.0 Å². The van der Waals surface area contributed by atoms with Gasteiger partial charge in [0.2, 0.25) is 0 Å². The van der Waals surface area contributed by atoms with E-state index in [1.807, 2.05) is 6.20 Å². The molecule has 1 heterocycles. The van der Waals surface area contributed by atoms with Crippen LogP contribution in [0.1, 0.15) is 50.8 Å². The molecule has 0 aromatic carbocycles. The van der Waals surface area contributed by atoms with Crippen LogP contribution in [0.15, 0.2) is 12.3 Å². The highest BCUT2D eigenvalue weighted by atomic mass is 15.3. The van der Waals surface area contributed by atoms with Crippen molar-refractivity contribution in [3.8, 4) is 0 Å². The molecule has 0 amide bonds. The molecule has 1 atom stereocenters. The lowest BCUT2D eigenvalue weighted by Gasteiger charge is -2.29. The molecule has 1 saturated carbocycles. The van der Waals surface area contributed by atoms with Crippen molar-refractivity contribution in [2.45, 2.75) is 51.6 Å². The van der Waals surface area contributed by atoms with Gasteiger partial charge in [-0.1, -0.05) is 26.2 Å². The van der Waals surface area contributed by atoms with Crippen molar-refractivity contribution in [3.63, 3.8) is 0 Å². The molecule has 2 rings (SSSR count). The fourth-order valence-electron chi connectivity index (χ4n) is 2.37. The number of hydrogen-bond donors (Lipinski definition) is 2. The number of aromatic nitrogens is 2. The van der Waals surface area contributed by atoms with Crippen LogP contribution in [0, 0.1) is 5.92 Å². The first-order valence-corrected chi connectivity index (χ1v) is 6.33. The highest BCUT2D eigenvalue weighted by Gasteiger charge is 2.24. The maximum Gasteiger partial charge on any atom is 0.0631 e. The van der Waals surface area contributed by atoms with Crippen molar-refractivity contribution in [2.24, 2.45) is 11.8 Å². The van der Waals surface area contributed by atoms with E-state index < -0.39 is 0 Å². The topological polar surface area (TPSA) is 55.9 Å². The third kappa shape index (κ3) is 2.44. The summed E-state index contributed by atoms with van der Waals surface area (Å²) < 4.78 is 2.07. The zero-order valence-corrected chi connectivity index (χ0v) is 10.0. The van der Waals surface area contributed by atoms with Crippen molar-refractivity contribution in [2.75, 3.05) is 0 Å². The zero-order valence-electron chi connectivity index (χ0n) is 10.0. The average molecular weight is 222 g/mol. The van der Waals surface area contributed by atoms with Gasteiger partial charge in [0.1, 0.15) is 0 Å². The van der Waals surface area contributed by atoms with Gasteiger partial charge in [0, 0.05) is 12.7 Å². The van der Waals surface area contributed by atoms with Crippen LogP contribution < -0.4 is 11.3 Å². The van der Waals surface area contributed by atoms with Crippen LogP contribution in [0.25, 0.3) is 0 Å². The summed E-state index contributed by atoms with van der Waals surface area (Å²) in [4.78, 5) is 0. The minimum atomic E-state index is 0.263. The molecule has 4 heteroatoms. The normalized spacial score (nSPS) is 18.4. The highest BCUT2D eigenvalue weighted by Crippen LogP contribution is 2.34. The van der Waals surface area contributed by atoms with E-state index in [2.05, 4.69) is 28.2 Å². The molecule has 1 fully saturated rings. The standard InChI is InChI=1S/C12H22N4/c1-2-8-16-12(6-7-14-16)11(15-13)9-10-4-3-5-10/h6-7,10-11,15H,2-5,8-9,13H2,1H3. The summed E-state index contributed by atoms with van der Waals surface area (Å²) in [5.41, 5.74) is 4.17. The average Bonchev–Trinajstić information content (AvgIpc) is 2.66. The lowest BCUT2D eigenvalue weighted by Crippen LogP contribution is -2.32. The van der Waals surface area contributed by atoms with E-state index in [0.717, 1.165) is 25.3 Å². The predicted molar refractivity (Wildman–Crippen MR) is 64.5 cm³/mol. The number of nitrogens with one attached hydrogen (secondary N) is 1. The van der Waals surface area contributed by atoms with Crippen LogP contribution >= 0.6 is 0 Å². The maximum absolute atomic E-state index is 5.67. The number of hydrogen-bond acceptors (Lipinski definition) is 3. The van der Waals surface area contributed by atoms with Gasteiger partial charge in [-0.15, -0.1) is 0 Å². The molecular formula is C12H22N4. The first-order valence-electron chi connectivity index (χ1n) is 6.33. The van der Waals surface area contributed by atoms with Crippen LogP contribution in [0.4, 0.5) is 0 Å². The summed E-state index contributed by atoms with van der Waals surface area (Å²) in [7, 11) is 0. The van der Waals surface area contributed by atoms with E-state index in [1.54, 1.807) is 0 Å². The molecule has 0 aliphatic heterocycles. The fraction of sp³-hybridized carbons (Fsp3) is 0.750. The van der Waals surface area contributed by atoms with Crippen molar-refractivity contribution < 1.29 is 0 Å². The second-order valence-corrected chi connectivity index (χ2v) is 4.73. The number of rotatable bonds is 6. The number of nitrogens with two attached hydrogens (primary N) is 1. The minimum Gasteiger partial charge on any atom is -0.271 e.